The van der Waals surface area contributed by atoms with Gasteiger partial charge >= 0.3 is 0 Å². The quantitative estimate of drug-likeness (QED) is 0.692. The minimum atomic E-state index is -0.00431. The van der Waals surface area contributed by atoms with E-state index >= 15 is 0 Å². The highest BCUT2D eigenvalue weighted by atomic mass is 16.1. The number of aryl methyl sites for hydroxylation is 1. The third-order valence-electron chi connectivity index (χ3n) is 5.38. The second-order valence-electron chi connectivity index (χ2n) is 7.53. The van der Waals surface area contributed by atoms with Crippen molar-refractivity contribution in [1.29, 1.82) is 0 Å². The van der Waals surface area contributed by atoms with Crippen LogP contribution in [0.4, 0.5) is 5.69 Å². The maximum Gasteiger partial charge on any atom is 0.251 e. The summed E-state index contributed by atoms with van der Waals surface area (Å²) in [5.41, 5.74) is 9.98. The van der Waals surface area contributed by atoms with Gasteiger partial charge in [0.2, 0.25) is 0 Å². The average molecular weight is 381 g/mol. The second kappa shape index (κ2) is 10.2. The van der Waals surface area contributed by atoms with E-state index in [4.69, 9.17) is 5.73 Å². The maximum absolute atomic E-state index is 12.1. The molecule has 1 aliphatic rings. The van der Waals surface area contributed by atoms with Crippen LogP contribution in [0.25, 0.3) is 0 Å². The number of nitrogens with one attached hydrogen (secondary N) is 1. The summed E-state index contributed by atoms with van der Waals surface area (Å²) in [6.07, 6.45) is 2.11. The molecule has 150 valence electrons. The normalized spacial score (nSPS) is 14.9. The van der Waals surface area contributed by atoms with Gasteiger partial charge in [0, 0.05) is 50.5 Å². The molecular weight excluding hydrogens is 348 g/mol. The van der Waals surface area contributed by atoms with Crippen LogP contribution in [-0.2, 0) is 6.54 Å². The Morgan fingerprint density at radius 3 is 2.46 bits per heavy atom. The molecule has 0 aromatic heterocycles. The highest BCUT2D eigenvalue weighted by Crippen LogP contribution is 2.17. The second-order valence-corrected chi connectivity index (χ2v) is 7.53. The van der Waals surface area contributed by atoms with Crippen molar-refractivity contribution in [2.45, 2.75) is 26.3 Å². The Bertz CT molecular complexity index is 751. The largest absolute Gasteiger partial charge is 0.369 e. The Morgan fingerprint density at radius 2 is 1.79 bits per heavy atom. The molecule has 28 heavy (non-hydrogen) atoms. The Kier molecular flexibility index (Phi) is 7.46. The minimum Gasteiger partial charge on any atom is -0.369 e. The van der Waals surface area contributed by atoms with Crippen molar-refractivity contribution in [3.8, 4) is 0 Å². The number of hydrogen-bond acceptors (Lipinski definition) is 4. The van der Waals surface area contributed by atoms with Crippen molar-refractivity contribution >= 4 is 11.6 Å². The fourth-order valence-electron chi connectivity index (χ4n) is 3.61. The molecule has 3 N–H and O–H groups in total. The predicted octanol–water partition coefficient (Wildman–Crippen LogP) is 2.79. The third kappa shape index (κ3) is 5.81. The topological polar surface area (TPSA) is 61.6 Å². The Morgan fingerprint density at radius 1 is 1.04 bits per heavy atom. The molecule has 0 aliphatic carbocycles. The van der Waals surface area contributed by atoms with Gasteiger partial charge in [-0.2, -0.15) is 0 Å². The van der Waals surface area contributed by atoms with Crippen molar-refractivity contribution in [3.63, 3.8) is 0 Å². The van der Waals surface area contributed by atoms with Crippen molar-refractivity contribution in [2.24, 2.45) is 5.73 Å². The number of carbonyl (C=O) groups excluding carboxylic acids is 1. The molecule has 0 bridgehead atoms. The molecule has 0 radical (unpaired) electrons. The summed E-state index contributed by atoms with van der Waals surface area (Å²) in [6.45, 7) is 8.85. The zero-order chi connectivity index (χ0) is 19.8. The first-order valence-electron chi connectivity index (χ1n) is 10.3. The number of hydrogen-bond donors (Lipinski definition) is 2. The minimum absolute atomic E-state index is 0.00431. The summed E-state index contributed by atoms with van der Waals surface area (Å²) in [7, 11) is 0. The summed E-state index contributed by atoms with van der Waals surface area (Å²) in [6, 6.07) is 16.2. The lowest BCUT2D eigenvalue weighted by molar-refractivity contribution is 0.0952. The Hall–Kier alpha value is -2.37. The molecular formula is C23H32N4O. The van der Waals surface area contributed by atoms with Gasteiger partial charge in [-0.05, 0) is 61.7 Å². The first-order valence-corrected chi connectivity index (χ1v) is 10.3. The number of benzene rings is 2. The van der Waals surface area contributed by atoms with Gasteiger partial charge in [-0.1, -0.05) is 24.3 Å². The van der Waals surface area contributed by atoms with E-state index in [1.54, 1.807) is 0 Å². The van der Waals surface area contributed by atoms with Gasteiger partial charge in [-0.15, -0.1) is 0 Å². The van der Waals surface area contributed by atoms with E-state index in [-0.39, 0.29) is 5.91 Å². The van der Waals surface area contributed by atoms with Crippen molar-refractivity contribution in [3.05, 3.63) is 65.2 Å². The molecule has 2 aromatic carbocycles. The van der Waals surface area contributed by atoms with Gasteiger partial charge in [0.25, 0.3) is 5.91 Å². The molecule has 1 amide bonds. The fourth-order valence-corrected chi connectivity index (χ4v) is 3.61. The average Bonchev–Trinajstić information content (AvgIpc) is 2.74. The highest BCUT2D eigenvalue weighted by molar-refractivity contribution is 5.94. The van der Waals surface area contributed by atoms with E-state index in [0.29, 0.717) is 12.1 Å². The molecule has 1 saturated heterocycles. The predicted molar refractivity (Wildman–Crippen MR) is 116 cm³/mol. The Labute approximate surface area is 168 Å². The van der Waals surface area contributed by atoms with Crippen LogP contribution >= 0.6 is 0 Å². The Balaban J connectivity index is 1.30. The van der Waals surface area contributed by atoms with E-state index in [1.165, 1.54) is 11.3 Å². The third-order valence-corrected chi connectivity index (χ3v) is 5.38. The fraction of sp³-hybridized carbons (Fsp3) is 0.435. The van der Waals surface area contributed by atoms with Crippen LogP contribution in [0.5, 0.6) is 0 Å². The summed E-state index contributed by atoms with van der Waals surface area (Å²) < 4.78 is 0. The van der Waals surface area contributed by atoms with Gasteiger partial charge < -0.3 is 16.0 Å². The zero-order valence-corrected chi connectivity index (χ0v) is 16.9. The molecule has 5 heteroatoms. The van der Waals surface area contributed by atoms with Gasteiger partial charge in [0.1, 0.15) is 0 Å². The van der Waals surface area contributed by atoms with Gasteiger partial charge in [-0.3, -0.25) is 9.69 Å². The van der Waals surface area contributed by atoms with Crippen LogP contribution in [0.15, 0.2) is 48.5 Å². The molecule has 1 aliphatic heterocycles. The first kappa shape index (κ1) is 20.4. The van der Waals surface area contributed by atoms with Crippen LogP contribution in [0.2, 0.25) is 0 Å². The monoisotopic (exact) mass is 380 g/mol. The molecule has 0 unspecified atom stereocenters. The molecule has 0 saturated carbocycles. The van der Waals surface area contributed by atoms with Crippen molar-refractivity contribution in [2.75, 3.05) is 44.2 Å². The van der Waals surface area contributed by atoms with E-state index < -0.39 is 0 Å². The molecule has 0 spiro atoms. The number of carbonyl (C=O) groups is 1. The van der Waals surface area contributed by atoms with Gasteiger partial charge in [0.05, 0.1) is 0 Å². The summed E-state index contributed by atoms with van der Waals surface area (Å²) in [5, 5.41) is 3.01. The summed E-state index contributed by atoms with van der Waals surface area (Å²) >= 11 is 0. The lowest BCUT2D eigenvalue weighted by atomic mass is 10.1. The summed E-state index contributed by atoms with van der Waals surface area (Å²) in [4.78, 5) is 17.1. The van der Waals surface area contributed by atoms with E-state index in [9.17, 15) is 4.79 Å². The number of nitrogens with zero attached hydrogens (tertiary/aromatic N) is 2. The van der Waals surface area contributed by atoms with Gasteiger partial charge in [0.15, 0.2) is 0 Å². The van der Waals surface area contributed by atoms with Crippen molar-refractivity contribution in [1.82, 2.24) is 10.2 Å². The standard InChI is InChI=1S/C23H32N4O/c1-19-5-4-6-22(17-19)27-15-13-26(14-16-27)12-3-2-11-25-23(28)21-9-7-20(18-24)8-10-21/h4-10,17H,2-3,11-16,18,24H2,1H3,(H,25,28). The number of unbranched alkanes of at least 4 members (excludes halogenated alkanes) is 1. The lowest BCUT2D eigenvalue weighted by Gasteiger charge is -2.36. The van der Waals surface area contributed by atoms with E-state index in [1.807, 2.05) is 24.3 Å². The zero-order valence-electron chi connectivity index (χ0n) is 16.9. The molecule has 2 aromatic rings. The smallest absolute Gasteiger partial charge is 0.251 e. The lowest BCUT2D eigenvalue weighted by Crippen LogP contribution is -2.46. The van der Waals surface area contributed by atoms with E-state index in [0.717, 1.165) is 57.7 Å². The van der Waals surface area contributed by atoms with E-state index in [2.05, 4.69) is 46.3 Å². The molecule has 5 nitrogen and oxygen atoms in total. The first-order chi connectivity index (χ1) is 13.7. The van der Waals surface area contributed by atoms with Crippen LogP contribution in [0.3, 0.4) is 0 Å². The number of nitrogens with two attached hydrogens (primary N) is 1. The molecule has 0 atom stereocenters. The highest BCUT2D eigenvalue weighted by Gasteiger charge is 2.16. The molecule has 1 fully saturated rings. The van der Waals surface area contributed by atoms with Crippen LogP contribution in [-0.4, -0.2) is 50.1 Å². The SMILES string of the molecule is Cc1cccc(N2CCN(CCCCNC(=O)c3ccc(CN)cc3)CC2)c1. The summed E-state index contributed by atoms with van der Waals surface area (Å²) in [5.74, 6) is -0.00431. The van der Waals surface area contributed by atoms with Crippen molar-refractivity contribution < 1.29 is 4.79 Å². The number of piperazine rings is 1. The number of amides is 1. The maximum atomic E-state index is 12.1. The van der Waals surface area contributed by atoms with Gasteiger partial charge in [-0.25, -0.2) is 0 Å². The number of rotatable bonds is 8. The van der Waals surface area contributed by atoms with Crippen LogP contribution in [0, 0.1) is 6.92 Å². The molecule has 1 heterocycles. The number of anilines is 1. The van der Waals surface area contributed by atoms with Crippen LogP contribution in [0.1, 0.15) is 34.3 Å². The molecule has 3 rings (SSSR count). The van der Waals surface area contributed by atoms with Crippen LogP contribution < -0.4 is 16.0 Å².